The van der Waals surface area contributed by atoms with Crippen molar-refractivity contribution in [3.63, 3.8) is 0 Å². The molecule has 4 rings (SSSR count). The van der Waals surface area contributed by atoms with E-state index in [1.54, 1.807) is 29.2 Å². The van der Waals surface area contributed by atoms with Crippen LogP contribution in [0.5, 0.6) is 0 Å². The summed E-state index contributed by atoms with van der Waals surface area (Å²) in [5.41, 5.74) is 0.828. The second-order valence-corrected chi connectivity index (χ2v) is 7.68. The molecule has 31 heavy (non-hydrogen) atoms. The van der Waals surface area contributed by atoms with Crippen LogP contribution < -0.4 is 0 Å². The summed E-state index contributed by atoms with van der Waals surface area (Å²) in [5.74, 6) is -0.0351. The van der Waals surface area contributed by atoms with Crippen LogP contribution in [0.15, 0.2) is 66.9 Å². The third-order valence-corrected chi connectivity index (χ3v) is 5.67. The highest BCUT2D eigenvalue weighted by Gasteiger charge is 2.33. The van der Waals surface area contributed by atoms with Gasteiger partial charge < -0.3 is 10.0 Å². The van der Waals surface area contributed by atoms with Gasteiger partial charge in [-0.05, 0) is 54.7 Å². The zero-order valence-electron chi connectivity index (χ0n) is 16.7. The Morgan fingerprint density at radius 3 is 2.23 bits per heavy atom. The van der Waals surface area contributed by atoms with Crippen LogP contribution in [0.2, 0.25) is 0 Å². The van der Waals surface area contributed by atoms with Gasteiger partial charge in [-0.25, -0.2) is 4.68 Å². The van der Waals surface area contributed by atoms with E-state index in [2.05, 4.69) is 5.10 Å². The van der Waals surface area contributed by atoms with E-state index < -0.39 is 18.0 Å². The van der Waals surface area contributed by atoms with Crippen LogP contribution in [0.25, 0.3) is 5.69 Å². The summed E-state index contributed by atoms with van der Waals surface area (Å²) in [6.07, 6.45) is -2.40. The number of alkyl halides is 3. The van der Waals surface area contributed by atoms with Crippen LogP contribution in [0.3, 0.4) is 0 Å². The molecule has 3 aromatic rings. The molecule has 2 heterocycles. The van der Waals surface area contributed by atoms with Gasteiger partial charge in [-0.3, -0.25) is 4.79 Å². The van der Waals surface area contributed by atoms with E-state index in [4.69, 9.17) is 0 Å². The van der Waals surface area contributed by atoms with E-state index >= 15 is 0 Å². The number of aliphatic hydroxyl groups is 1. The second kappa shape index (κ2) is 8.55. The molecule has 1 N–H and O–H groups in total. The molecule has 0 saturated carbocycles. The summed E-state index contributed by atoms with van der Waals surface area (Å²) in [4.78, 5) is 14.6. The van der Waals surface area contributed by atoms with Crippen molar-refractivity contribution in [3.8, 4) is 5.69 Å². The molecule has 2 aromatic carbocycles. The Balaban J connectivity index is 1.37. The summed E-state index contributed by atoms with van der Waals surface area (Å²) in [6, 6.07) is 16.8. The predicted octanol–water partition coefficient (Wildman–Crippen LogP) is 4.48. The molecule has 5 nitrogen and oxygen atoms in total. The summed E-state index contributed by atoms with van der Waals surface area (Å²) in [5, 5.41) is 14.1. The van der Waals surface area contributed by atoms with Gasteiger partial charge in [-0.2, -0.15) is 18.3 Å². The number of nitrogens with zero attached hydrogens (tertiary/aromatic N) is 3. The van der Waals surface area contributed by atoms with Gasteiger partial charge in [0.1, 0.15) is 0 Å². The number of hydrogen-bond acceptors (Lipinski definition) is 3. The maximum atomic E-state index is 12.8. The predicted molar refractivity (Wildman–Crippen MR) is 109 cm³/mol. The van der Waals surface area contributed by atoms with Crippen LogP contribution in [0.4, 0.5) is 13.2 Å². The number of carbonyl (C=O) groups excluding carboxylic acids is 1. The molecule has 1 aromatic heterocycles. The minimum absolute atomic E-state index is 0.0940. The van der Waals surface area contributed by atoms with Crippen LogP contribution in [-0.2, 0) is 6.18 Å². The van der Waals surface area contributed by atoms with Crippen LogP contribution >= 0.6 is 0 Å². The van der Waals surface area contributed by atoms with Crippen molar-refractivity contribution in [3.05, 3.63) is 83.7 Å². The minimum atomic E-state index is -4.50. The first-order valence-electron chi connectivity index (χ1n) is 10.1. The quantitative estimate of drug-likeness (QED) is 0.666. The van der Waals surface area contributed by atoms with Gasteiger partial charge in [0.2, 0.25) is 0 Å². The second-order valence-electron chi connectivity index (χ2n) is 7.68. The number of carbonyl (C=O) groups is 1. The minimum Gasteiger partial charge on any atom is -0.388 e. The summed E-state index contributed by atoms with van der Waals surface area (Å²) in [6.45, 7) is 1.09. The highest BCUT2D eigenvalue weighted by atomic mass is 19.4. The molecule has 0 spiro atoms. The Labute approximate surface area is 177 Å². The van der Waals surface area contributed by atoms with Gasteiger partial charge in [0.05, 0.1) is 11.8 Å². The molecule has 0 aliphatic carbocycles. The lowest BCUT2D eigenvalue weighted by Crippen LogP contribution is -2.39. The summed E-state index contributed by atoms with van der Waals surface area (Å²) >= 11 is 0. The number of aliphatic hydroxyl groups excluding tert-OH is 1. The fraction of sp³-hybridized carbons (Fsp3) is 0.304. The van der Waals surface area contributed by atoms with Crippen molar-refractivity contribution >= 4 is 5.91 Å². The average molecular weight is 429 g/mol. The lowest BCUT2D eigenvalue weighted by molar-refractivity contribution is -0.141. The maximum absolute atomic E-state index is 12.8. The Morgan fingerprint density at radius 1 is 1.00 bits per heavy atom. The third-order valence-electron chi connectivity index (χ3n) is 5.67. The van der Waals surface area contributed by atoms with Gasteiger partial charge >= 0.3 is 6.18 Å². The van der Waals surface area contributed by atoms with Crippen molar-refractivity contribution in [2.24, 2.45) is 5.92 Å². The SMILES string of the molecule is O=C(c1ccc(-n2ccc(C(F)(F)F)n2)cc1)N1CCC(C(O)c2ccccc2)CC1. The number of halogens is 3. The van der Waals surface area contributed by atoms with Crippen LogP contribution in [-0.4, -0.2) is 38.8 Å². The monoisotopic (exact) mass is 429 g/mol. The number of rotatable bonds is 4. The number of benzene rings is 2. The van der Waals surface area contributed by atoms with E-state index in [-0.39, 0.29) is 11.8 Å². The summed E-state index contributed by atoms with van der Waals surface area (Å²) in [7, 11) is 0. The lowest BCUT2D eigenvalue weighted by atomic mass is 9.87. The lowest BCUT2D eigenvalue weighted by Gasteiger charge is -2.34. The Bertz CT molecular complexity index is 1020. The molecule has 8 heteroatoms. The van der Waals surface area contributed by atoms with Crippen LogP contribution in [0.1, 0.15) is 40.6 Å². The van der Waals surface area contributed by atoms with Gasteiger partial charge in [0, 0.05) is 24.8 Å². The van der Waals surface area contributed by atoms with Gasteiger partial charge in [-0.15, -0.1) is 0 Å². The van der Waals surface area contributed by atoms with Crippen LogP contribution in [0, 0.1) is 5.92 Å². The molecule has 0 bridgehead atoms. The number of hydrogen-bond donors (Lipinski definition) is 1. The normalized spacial score (nSPS) is 16.3. The number of piperidine rings is 1. The first-order valence-corrected chi connectivity index (χ1v) is 10.1. The Hall–Kier alpha value is -3.13. The highest BCUT2D eigenvalue weighted by Crippen LogP contribution is 2.31. The zero-order valence-corrected chi connectivity index (χ0v) is 16.7. The number of likely N-dealkylation sites (tertiary alicyclic amines) is 1. The van der Waals surface area contributed by atoms with E-state index in [1.165, 1.54) is 6.20 Å². The molecule has 1 aliphatic heterocycles. The Kier molecular flexibility index (Phi) is 5.82. The molecule has 1 amide bonds. The molecule has 1 atom stereocenters. The standard InChI is InChI=1S/C23H22F3N3O2/c24-23(25,26)20-12-15-29(27-20)19-8-6-18(7-9-19)22(31)28-13-10-17(11-14-28)21(30)16-4-2-1-3-5-16/h1-9,12,15,17,21,30H,10-11,13-14H2. The largest absolute Gasteiger partial charge is 0.435 e. The smallest absolute Gasteiger partial charge is 0.388 e. The topological polar surface area (TPSA) is 58.4 Å². The molecule has 1 saturated heterocycles. The summed E-state index contributed by atoms with van der Waals surface area (Å²) < 4.78 is 39.3. The number of aromatic nitrogens is 2. The van der Waals surface area contributed by atoms with Crippen molar-refractivity contribution in [2.45, 2.75) is 25.1 Å². The van der Waals surface area contributed by atoms with Gasteiger partial charge in [-0.1, -0.05) is 30.3 Å². The van der Waals surface area contributed by atoms with E-state index in [9.17, 15) is 23.1 Å². The fourth-order valence-electron chi connectivity index (χ4n) is 3.90. The first kappa shape index (κ1) is 21.1. The van der Waals surface area contributed by atoms with Gasteiger partial charge in [0.25, 0.3) is 5.91 Å². The van der Waals surface area contributed by atoms with Crippen molar-refractivity contribution in [1.29, 1.82) is 0 Å². The molecular formula is C23H22F3N3O2. The molecular weight excluding hydrogens is 407 g/mol. The van der Waals surface area contributed by atoms with Crippen molar-refractivity contribution in [2.75, 3.05) is 13.1 Å². The highest BCUT2D eigenvalue weighted by molar-refractivity contribution is 5.94. The van der Waals surface area contributed by atoms with Gasteiger partial charge in [0.15, 0.2) is 5.69 Å². The van der Waals surface area contributed by atoms with E-state index in [0.29, 0.717) is 37.2 Å². The molecule has 0 radical (unpaired) electrons. The number of amides is 1. The maximum Gasteiger partial charge on any atom is 0.435 e. The first-order chi connectivity index (χ1) is 14.8. The Morgan fingerprint density at radius 2 is 1.65 bits per heavy atom. The third kappa shape index (κ3) is 4.64. The van der Waals surface area contributed by atoms with E-state index in [0.717, 1.165) is 16.3 Å². The average Bonchev–Trinajstić information content (AvgIpc) is 3.30. The molecule has 1 unspecified atom stereocenters. The molecule has 1 aliphatic rings. The fourth-order valence-corrected chi connectivity index (χ4v) is 3.90. The van der Waals surface area contributed by atoms with E-state index in [1.807, 2.05) is 30.3 Å². The molecule has 162 valence electrons. The van der Waals surface area contributed by atoms with Crippen molar-refractivity contribution < 1.29 is 23.1 Å². The zero-order chi connectivity index (χ0) is 22.0. The van der Waals surface area contributed by atoms with Crippen molar-refractivity contribution in [1.82, 2.24) is 14.7 Å². The molecule has 1 fully saturated rings.